The predicted octanol–water partition coefficient (Wildman–Crippen LogP) is 7.17. The van der Waals surface area contributed by atoms with Crippen LogP contribution in [0, 0.1) is 17.8 Å². The molecule has 4 saturated carbocycles. The predicted molar refractivity (Wildman–Crippen MR) is 165 cm³/mol. The molecule has 43 heavy (non-hydrogen) atoms. The summed E-state index contributed by atoms with van der Waals surface area (Å²) in [6, 6.07) is 12.1. The number of morpholine rings is 1. The Morgan fingerprint density at radius 3 is 2.63 bits per heavy atom. The number of hydrogen-bond acceptors (Lipinski definition) is 8. The van der Waals surface area contributed by atoms with Gasteiger partial charge < -0.3 is 19.1 Å². The molecule has 5 aliphatic rings. The number of aromatic nitrogens is 2. The third-order valence-electron chi connectivity index (χ3n) is 10.8. The van der Waals surface area contributed by atoms with E-state index in [1.165, 1.54) is 5.56 Å². The van der Waals surface area contributed by atoms with Crippen LogP contribution in [0.4, 0.5) is 0 Å². The average Bonchev–Trinajstić information content (AvgIpc) is 3.41. The quantitative estimate of drug-likeness (QED) is 0.219. The van der Waals surface area contributed by atoms with Gasteiger partial charge in [0.25, 0.3) is 0 Å². The first-order valence-corrected chi connectivity index (χ1v) is 17.0. The van der Waals surface area contributed by atoms with Crippen LogP contribution in [0.3, 0.4) is 0 Å². The molecular weight excluding hydrogens is 605 g/mol. The molecule has 2 bridgehead atoms. The van der Waals surface area contributed by atoms with Gasteiger partial charge in [-0.15, -0.1) is 11.3 Å². The molecule has 2 aromatic heterocycles. The fraction of sp³-hybridized carbons (Fsp3) is 0.515. The van der Waals surface area contributed by atoms with Crippen LogP contribution in [0.2, 0.25) is 10.0 Å². The van der Waals surface area contributed by atoms with E-state index in [4.69, 9.17) is 42.2 Å². The minimum atomic E-state index is -0.879. The molecule has 1 aliphatic heterocycles. The molecule has 4 aromatic rings. The van der Waals surface area contributed by atoms with Crippen molar-refractivity contribution in [2.45, 2.75) is 62.4 Å². The third-order valence-corrected chi connectivity index (χ3v) is 12.6. The van der Waals surface area contributed by atoms with Crippen molar-refractivity contribution < 1.29 is 19.1 Å². The number of ether oxygens (including phenoxy) is 2. The summed E-state index contributed by atoms with van der Waals surface area (Å²) in [6.07, 6.45) is 4.85. The largest absolute Gasteiger partial charge is 0.382 e. The second-order valence-electron chi connectivity index (χ2n) is 13.2. The van der Waals surface area contributed by atoms with Gasteiger partial charge in [0.2, 0.25) is 0 Å². The highest BCUT2D eigenvalue weighted by molar-refractivity contribution is 7.18. The van der Waals surface area contributed by atoms with Crippen LogP contribution in [0.5, 0.6) is 0 Å². The number of fused-ring (bicyclic) bond motifs is 2. The van der Waals surface area contributed by atoms with Crippen LogP contribution >= 0.6 is 34.5 Å². The lowest BCUT2D eigenvalue weighted by Gasteiger charge is -2.58. The van der Waals surface area contributed by atoms with Gasteiger partial charge in [-0.05, 0) is 73.8 Å². The number of thiazole rings is 1. The zero-order chi connectivity index (χ0) is 28.9. The van der Waals surface area contributed by atoms with Crippen molar-refractivity contribution in [3.63, 3.8) is 0 Å². The Bertz CT molecular complexity index is 1710. The SMILES string of the molecule is O[C@@]1(c2nc3ccc(CN4CCOCC4)cc3s2)[C@@H]2CC3[C@H]1C[C@]3(OCc1c(-c3c(Cl)cccc3Cl)noc1C1CC1)C2. The molecule has 0 amide bonds. The number of halogens is 2. The fourth-order valence-electron chi connectivity index (χ4n) is 8.47. The molecule has 1 saturated heterocycles. The number of nitrogens with zero attached hydrogens (tertiary/aromatic N) is 3. The van der Waals surface area contributed by atoms with Gasteiger partial charge in [-0.2, -0.15) is 0 Å². The van der Waals surface area contributed by atoms with Crippen LogP contribution in [0.15, 0.2) is 40.9 Å². The first-order valence-electron chi connectivity index (χ1n) is 15.4. The van der Waals surface area contributed by atoms with Gasteiger partial charge in [-0.3, -0.25) is 4.90 Å². The van der Waals surface area contributed by atoms with Crippen molar-refractivity contribution >= 4 is 44.8 Å². The van der Waals surface area contributed by atoms with Gasteiger partial charge >= 0.3 is 0 Å². The highest BCUT2D eigenvalue weighted by Crippen LogP contribution is 2.74. The average molecular weight is 639 g/mol. The topological polar surface area (TPSA) is 80.9 Å². The van der Waals surface area contributed by atoms with Crippen molar-refractivity contribution in [1.82, 2.24) is 15.0 Å². The first kappa shape index (κ1) is 27.3. The van der Waals surface area contributed by atoms with Crippen LogP contribution in [0.1, 0.15) is 59.9 Å². The Morgan fingerprint density at radius 1 is 1.07 bits per heavy atom. The number of aliphatic hydroxyl groups is 1. The highest BCUT2D eigenvalue weighted by Gasteiger charge is 2.76. The molecule has 10 heteroatoms. The van der Waals surface area contributed by atoms with E-state index < -0.39 is 5.60 Å². The number of rotatable bonds is 8. The molecule has 0 spiro atoms. The smallest absolute Gasteiger partial charge is 0.145 e. The Labute approximate surface area is 264 Å². The van der Waals surface area contributed by atoms with Crippen LogP contribution in [0.25, 0.3) is 21.5 Å². The summed E-state index contributed by atoms with van der Waals surface area (Å²) in [5.41, 5.74) is 3.53. The second kappa shape index (κ2) is 9.98. The maximum absolute atomic E-state index is 12.3. The molecule has 224 valence electrons. The zero-order valence-electron chi connectivity index (χ0n) is 23.7. The van der Waals surface area contributed by atoms with Gasteiger partial charge in [-0.25, -0.2) is 4.98 Å². The maximum atomic E-state index is 12.3. The van der Waals surface area contributed by atoms with Gasteiger partial charge in [0.05, 0.1) is 45.7 Å². The van der Waals surface area contributed by atoms with Crippen LogP contribution < -0.4 is 0 Å². The third kappa shape index (κ3) is 4.21. The van der Waals surface area contributed by atoms with Crippen molar-refractivity contribution in [3.05, 3.63) is 68.3 Å². The molecular formula is C33H33Cl2N3O4S. The van der Waals surface area contributed by atoms with E-state index in [0.717, 1.165) is 91.5 Å². The summed E-state index contributed by atoms with van der Waals surface area (Å²) >= 11 is 14.8. The standard InChI is InChI=1S/C33H33Cl2N3O4S/c34-24-2-1-3-25(35)28(24)29-21(30(42-37-29)19-5-6-19)17-41-32-14-20-13-22(32)23(15-32)33(20,39)31-36-26-7-4-18(12-27(26)43-31)16-38-8-10-40-11-9-38/h1-4,7,12,19-20,22-23,39H,5-6,8-11,13-17H2/t20-,22?,23-,32-,33+/m1/s1. The fourth-order valence-corrected chi connectivity index (χ4v) is 10.3. The summed E-state index contributed by atoms with van der Waals surface area (Å²) in [5, 5.41) is 18.7. The normalized spacial score (nSPS) is 31.7. The molecule has 4 aliphatic carbocycles. The summed E-state index contributed by atoms with van der Waals surface area (Å²) in [7, 11) is 0. The van der Waals surface area contributed by atoms with Gasteiger partial charge in [-0.1, -0.05) is 40.5 Å². The molecule has 1 N–H and O–H groups in total. The molecule has 9 rings (SSSR count). The van der Waals surface area contributed by atoms with E-state index in [0.29, 0.717) is 39.7 Å². The molecule has 2 aromatic carbocycles. The van der Waals surface area contributed by atoms with E-state index in [1.54, 1.807) is 11.3 Å². The molecule has 5 fully saturated rings. The Kier molecular flexibility index (Phi) is 6.33. The Hall–Kier alpha value is -2.04. The molecule has 5 atom stereocenters. The van der Waals surface area contributed by atoms with E-state index in [9.17, 15) is 5.11 Å². The zero-order valence-corrected chi connectivity index (χ0v) is 26.1. The van der Waals surface area contributed by atoms with Gasteiger partial charge in [0.15, 0.2) is 0 Å². The van der Waals surface area contributed by atoms with E-state index >= 15 is 0 Å². The van der Waals surface area contributed by atoms with Gasteiger partial charge in [0.1, 0.15) is 22.1 Å². The minimum absolute atomic E-state index is 0.146. The monoisotopic (exact) mass is 637 g/mol. The minimum Gasteiger partial charge on any atom is -0.382 e. The summed E-state index contributed by atoms with van der Waals surface area (Å²) in [6.45, 7) is 4.86. The molecule has 7 nitrogen and oxygen atoms in total. The number of benzene rings is 2. The Morgan fingerprint density at radius 2 is 1.88 bits per heavy atom. The lowest BCUT2D eigenvalue weighted by Crippen LogP contribution is -2.62. The molecule has 1 unspecified atom stereocenters. The highest BCUT2D eigenvalue weighted by atomic mass is 35.5. The van der Waals surface area contributed by atoms with Crippen LogP contribution in [-0.2, 0) is 28.2 Å². The number of hydrogen-bond donors (Lipinski definition) is 1. The van der Waals surface area contributed by atoms with Gasteiger partial charge in [0, 0.05) is 42.6 Å². The summed E-state index contributed by atoms with van der Waals surface area (Å²) in [5.74, 6) is 1.92. The van der Waals surface area contributed by atoms with Crippen molar-refractivity contribution in [3.8, 4) is 11.3 Å². The molecule has 0 radical (unpaired) electrons. The maximum Gasteiger partial charge on any atom is 0.145 e. The van der Waals surface area contributed by atoms with Crippen molar-refractivity contribution in [2.24, 2.45) is 17.8 Å². The summed E-state index contributed by atoms with van der Waals surface area (Å²) in [4.78, 5) is 7.44. The van der Waals surface area contributed by atoms with Crippen molar-refractivity contribution in [2.75, 3.05) is 26.3 Å². The van der Waals surface area contributed by atoms with E-state index in [-0.39, 0.29) is 17.4 Å². The first-order chi connectivity index (χ1) is 20.9. The summed E-state index contributed by atoms with van der Waals surface area (Å²) < 4.78 is 19.4. The van der Waals surface area contributed by atoms with Crippen LogP contribution in [-0.4, -0.2) is 52.1 Å². The van der Waals surface area contributed by atoms with E-state index in [2.05, 4.69) is 28.3 Å². The van der Waals surface area contributed by atoms with E-state index in [1.807, 2.05) is 18.2 Å². The Balaban J connectivity index is 0.947. The van der Waals surface area contributed by atoms with Crippen molar-refractivity contribution in [1.29, 1.82) is 0 Å². The lowest BCUT2D eigenvalue weighted by atomic mass is 9.54. The molecule has 3 heterocycles. The second-order valence-corrected chi connectivity index (χ2v) is 15.0. The lowest BCUT2D eigenvalue weighted by molar-refractivity contribution is -0.246.